The van der Waals surface area contributed by atoms with Crippen LogP contribution in [0.5, 0.6) is 0 Å². The van der Waals surface area contributed by atoms with Gasteiger partial charge in [0, 0.05) is 35.2 Å². The van der Waals surface area contributed by atoms with Crippen LogP contribution in [0.3, 0.4) is 0 Å². The molecule has 2 aromatic carbocycles. The van der Waals surface area contributed by atoms with E-state index >= 15 is 0 Å². The highest BCUT2D eigenvalue weighted by molar-refractivity contribution is 7.92. The van der Waals surface area contributed by atoms with Gasteiger partial charge in [-0.25, -0.2) is 8.42 Å². The van der Waals surface area contributed by atoms with Crippen LogP contribution in [-0.4, -0.2) is 50.5 Å². The number of nitrogens with one attached hydrogen (secondary N) is 2. The van der Waals surface area contributed by atoms with Crippen molar-refractivity contribution < 1.29 is 17.9 Å². The molecule has 0 aliphatic carbocycles. The quantitative estimate of drug-likeness (QED) is 0.621. The molecule has 31 heavy (non-hydrogen) atoms. The first-order valence-corrected chi connectivity index (χ1v) is 11.4. The number of benzene rings is 2. The zero-order valence-corrected chi connectivity index (χ0v) is 18.2. The van der Waals surface area contributed by atoms with Crippen LogP contribution in [0.25, 0.3) is 10.9 Å². The summed E-state index contributed by atoms with van der Waals surface area (Å²) >= 11 is 6.07. The first-order chi connectivity index (χ1) is 14.8. The van der Waals surface area contributed by atoms with E-state index in [0.29, 0.717) is 48.1 Å². The number of aromatic amines is 1. The second kappa shape index (κ2) is 8.33. The van der Waals surface area contributed by atoms with Crippen molar-refractivity contribution in [3.05, 3.63) is 69.0 Å². The van der Waals surface area contributed by atoms with E-state index in [1.165, 1.54) is 24.4 Å². The average molecular weight is 462 g/mol. The van der Waals surface area contributed by atoms with Crippen molar-refractivity contribution >= 4 is 44.1 Å². The van der Waals surface area contributed by atoms with E-state index in [1.54, 1.807) is 30.0 Å². The number of hydrogen-bond acceptors (Lipinski definition) is 5. The molecule has 3 aromatic rings. The van der Waals surface area contributed by atoms with Crippen molar-refractivity contribution in [1.82, 2.24) is 9.88 Å². The summed E-state index contributed by atoms with van der Waals surface area (Å²) in [7, 11) is -3.99. The lowest BCUT2D eigenvalue weighted by Crippen LogP contribution is -2.42. The van der Waals surface area contributed by atoms with Crippen molar-refractivity contribution in [3.8, 4) is 0 Å². The fraction of sp³-hybridized carbons (Fsp3) is 0.238. The van der Waals surface area contributed by atoms with Crippen LogP contribution >= 0.6 is 11.6 Å². The summed E-state index contributed by atoms with van der Waals surface area (Å²) in [5.74, 6) is -0.410. The van der Waals surface area contributed by atoms with Crippen molar-refractivity contribution in [3.63, 3.8) is 0 Å². The van der Waals surface area contributed by atoms with Gasteiger partial charge in [0.25, 0.3) is 15.9 Å². The Morgan fingerprint density at radius 2 is 1.94 bits per heavy atom. The highest BCUT2D eigenvalue weighted by atomic mass is 35.5. The number of halogens is 1. The molecule has 0 atom stereocenters. The molecule has 162 valence electrons. The third-order valence-electron chi connectivity index (χ3n) is 5.20. The SMILES string of the molecule is Cc1c(Cl)cccc1NS(=O)(=O)c1ccc2[nH]cc(C(=O)N3CCOCC3)c(=O)c2c1. The van der Waals surface area contributed by atoms with Crippen molar-refractivity contribution in [2.75, 3.05) is 31.0 Å². The molecule has 1 aromatic heterocycles. The van der Waals surface area contributed by atoms with Crippen LogP contribution in [0, 0.1) is 6.92 Å². The number of H-pyrrole nitrogens is 1. The van der Waals surface area contributed by atoms with Gasteiger partial charge in [0.05, 0.1) is 23.8 Å². The minimum absolute atomic E-state index is 0.0393. The number of anilines is 1. The zero-order chi connectivity index (χ0) is 22.2. The van der Waals surface area contributed by atoms with Gasteiger partial charge < -0.3 is 14.6 Å². The molecule has 0 saturated carbocycles. The largest absolute Gasteiger partial charge is 0.378 e. The molecule has 0 radical (unpaired) electrons. The maximum absolute atomic E-state index is 13.0. The number of rotatable bonds is 4. The Kier molecular flexibility index (Phi) is 5.74. The van der Waals surface area contributed by atoms with Crippen molar-refractivity contribution in [2.24, 2.45) is 0 Å². The number of amides is 1. The number of carbonyl (C=O) groups is 1. The maximum Gasteiger partial charge on any atom is 0.261 e. The van der Waals surface area contributed by atoms with Crippen LogP contribution in [0.1, 0.15) is 15.9 Å². The topological polar surface area (TPSA) is 109 Å². The van der Waals surface area contributed by atoms with E-state index in [0.717, 1.165) is 0 Å². The second-order valence-electron chi connectivity index (χ2n) is 7.16. The van der Waals surface area contributed by atoms with Gasteiger partial charge in [-0.15, -0.1) is 0 Å². The number of ether oxygens (including phenoxy) is 1. The van der Waals surface area contributed by atoms with Crippen molar-refractivity contribution in [2.45, 2.75) is 11.8 Å². The molecule has 2 N–H and O–H groups in total. The molecule has 1 fully saturated rings. The third-order valence-corrected chi connectivity index (χ3v) is 6.98. The Balaban J connectivity index is 1.72. The van der Waals surface area contributed by atoms with Gasteiger partial charge >= 0.3 is 0 Å². The summed E-state index contributed by atoms with van der Waals surface area (Å²) in [5.41, 5.74) is 0.799. The van der Waals surface area contributed by atoms with Crippen LogP contribution in [-0.2, 0) is 14.8 Å². The molecule has 1 saturated heterocycles. The minimum Gasteiger partial charge on any atom is -0.378 e. The van der Waals surface area contributed by atoms with Gasteiger partial charge in [-0.05, 0) is 42.8 Å². The number of pyridine rings is 1. The highest BCUT2D eigenvalue weighted by Gasteiger charge is 2.23. The molecule has 1 aliphatic heterocycles. The number of morpholine rings is 1. The van der Waals surface area contributed by atoms with E-state index in [-0.39, 0.29) is 15.8 Å². The molecule has 2 heterocycles. The fourth-order valence-corrected chi connectivity index (χ4v) is 4.71. The van der Waals surface area contributed by atoms with Gasteiger partial charge in [0.15, 0.2) is 0 Å². The van der Waals surface area contributed by atoms with Crippen LogP contribution in [0.2, 0.25) is 5.02 Å². The van der Waals surface area contributed by atoms with Gasteiger partial charge in [-0.1, -0.05) is 17.7 Å². The lowest BCUT2D eigenvalue weighted by molar-refractivity contribution is 0.0302. The van der Waals surface area contributed by atoms with Crippen LogP contribution < -0.4 is 10.2 Å². The number of hydrogen-bond donors (Lipinski definition) is 2. The van der Waals surface area contributed by atoms with E-state index < -0.39 is 21.4 Å². The number of aromatic nitrogens is 1. The molecule has 0 unspecified atom stereocenters. The summed E-state index contributed by atoms with van der Waals surface area (Å²) in [6, 6.07) is 9.07. The standard InChI is InChI=1S/C21H20ClN3O5S/c1-13-17(22)3-2-4-18(13)24-31(28,29)14-5-6-19-15(11-14)20(26)16(12-23-19)21(27)25-7-9-30-10-8-25/h2-6,11-12,24H,7-10H2,1H3,(H,23,26). The third kappa shape index (κ3) is 4.16. The maximum atomic E-state index is 13.0. The number of nitrogens with zero attached hydrogens (tertiary/aromatic N) is 1. The molecule has 10 heteroatoms. The molecule has 4 rings (SSSR count). The predicted octanol–water partition coefficient (Wildman–Crippen LogP) is 2.76. The zero-order valence-electron chi connectivity index (χ0n) is 16.6. The predicted molar refractivity (Wildman–Crippen MR) is 118 cm³/mol. The smallest absolute Gasteiger partial charge is 0.261 e. The summed E-state index contributed by atoms with van der Waals surface area (Å²) in [6.07, 6.45) is 1.37. The summed E-state index contributed by atoms with van der Waals surface area (Å²) < 4.78 is 33.6. The normalized spacial score (nSPS) is 14.6. The fourth-order valence-electron chi connectivity index (χ4n) is 3.38. The molecular formula is C21H20ClN3O5S. The molecule has 0 bridgehead atoms. The molecule has 1 aliphatic rings. The van der Waals surface area contributed by atoms with Gasteiger partial charge in [0.1, 0.15) is 5.56 Å². The summed E-state index contributed by atoms with van der Waals surface area (Å²) in [4.78, 5) is 30.1. The molecule has 0 spiro atoms. The lowest BCUT2D eigenvalue weighted by atomic mass is 10.1. The van der Waals surface area contributed by atoms with Crippen LogP contribution in [0.4, 0.5) is 5.69 Å². The first kappa shape index (κ1) is 21.4. The Bertz CT molecular complexity index is 1330. The van der Waals surface area contributed by atoms with E-state index in [9.17, 15) is 18.0 Å². The minimum atomic E-state index is -3.99. The molecule has 8 nitrogen and oxygen atoms in total. The Labute approximate surface area is 183 Å². The Hall–Kier alpha value is -2.88. The number of carbonyl (C=O) groups excluding carboxylic acids is 1. The van der Waals surface area contributed by atoms with Gasteiger partial charge in [-0.2, -0.15) is 0 Å². The monoisotopic (exact) mass is 461 g/mol. The lowest BCUT2D eigenvalue weighted by Gasteiger charge is -2.26. The number of fused-ring (bicyclic) bond motifs is 1. The Morgan fingerprint density at radius 3 is 2.68 bits per heavy atom. The first-order valence-electron chi connectivity index (χ1n) is 9.58. The van der Waals surface area contributed by atoms with E-state index in [4.69, 9.17) is 16.3 Å². The van der Waals surface area contributed by atoms with Crippen molar-refractivity contribution in [1.29, 1.82) is 0 Å². The van der Waals surface area contributed by atoms with Crippen LogP contribution in [0.15, 0.2) is 52.3 Å². The highest BCUT2D eigenvalue weighted by Crippen LogP contribution is 2.26. The average Bonchev–Trinajstić information content (AvgIpc) is 2.77. The second-order valence-corrected chi connectivity index (χ2v) is 9.25. The number of sulfonamides is 1. The Morgan fingerprint density at radius 1 is 1.19 bits per heavy atom. The van der Waals surface area contributed by atoms with Gasteiger partial charge in [0.2, 0.25) is 5.43 Å². The molecular weight excluding hydrogens is 442 g/mol. The van der Waals surface area contributed by atoms with Gasteiger partial charge in [-0.3, -0.25) is 14.3 Å². The molecule has 1 amide bonds. The van der Waals surface area contributed by atoms with E-state index in [2.05, 4.69) is 9.71 Å². The summed E-state index contributed by atoms with van der Waals surface area (Å²) in [5, 5.41) is 0.547. The van der Waals surface area contributed by atoms with E-state index in [1.807, 2.05) is 0 Å². The summed E-state index contributed by atoms with van der Waals surface area (Å²) in [6.45, 7) is 3.32.